The normalized spacial score (nSPS) is 17.0. The third kappa shape index (κ3) is 4.85. The zero-order valence-electron chi connectivity index (χ0n) is 12.0. The fourth-order valence-corrected chi connectivity index (χ4v) is 3.69. The molecule has 1 aliphatic heterocycles. The summed E-state index contributed by atoms with van der Waals surface area (Å²) in [5.41, 5.74) is 5.91. The molecule has 2 rings (SSSR count). The van der Waals surface area contributed by atoms with Crippen LogP contribution in [-0.4, -0.2) is 39.5 Å². The lowest BCUT2D eigenvalue weighted by atomic mass is 10.1. The van der Waals surface area contributed by atoms with E-state index in [0.717, 1.165) is 26.1 Å². The fraction of sp³-hybridized carbons (Fsp3) is 0.571. The Morgan fingerprint density at radius 3 is 2.62 bits per heavy atom. The quantitative estimate of drug-likeness (QED) is 0.618. The third-order valence-corrected chi connectivity index (χ3v) is 5.47. The van der Waals surface area contributed by atoms with Crippen molar-refractivity contribution in [3.8, 4) is 0 Å². The van der Waals surface area contributed by atoms with Crippen molar-refractivity contribution in [1.82, 2.24) is 9.62 Å². The van der Waals surface area contributed by atoms with E-state index >= 15 is 0 Å². The highest BCUT2D eigenvalue weighted by atomic mass is 35.5. The third-order valence-electron chi connectivity index (χ3n) is 3.67. The number of hydrogen-bond donors (Lipinski definition) is 2. The van der Waals surface area contributed by atoms with Gasteiger partial charge in [0.25, 0.3) is 0 Å². The Morgan fingerprint density at radius 2 is 1.95 bits per heavy atom. The Hall–Kier alpha value is -0.820. The Labute approximate surface area is 131 Å². The van der Waals surface area contributed by atoms with Crippen molar-refractivity contribution in [1.29, 1.82) is 0 Å². The van der Waals surface area contributed by atoms with Crippen molar-refractivity contribution in [3.63, 3.8) is 0 Å². The van der Waals surface area contributed by atoms with E-state index in [0.29, 0.717) is 11.6 Å². The van der Waals surface area contributed by atoms with E-state index in [4.69, 9.17) is 17.3 Å². The number of nitrogens with one attached hydrogen (secondary N) is 1. The Morgan fingerprint density at radius 1 is 1.24 bits per heavy atom. The van der Waals surface area contributed by atoms with Crippen molar-refractivity contribution in [2.45, 2.75) is 30.6 Å². The van der Waals surface area contributed by atoms with Crippen molar-refractivity contribution in [2.24, 2.45) is 0 Å². The molecule has 21 heavy (non-hydrogen) atoms. The summed E-state index contributed by atoms with van der Waals surface area (Å²) in [6, 6.07) is 4.35. The monoisotopic (exact) mass is 331 g/mol. The molecule has 1 fully saturated rings. The second-order valence-electron chi connectivity index (χ2n) is 5.34. The lowest BCUT2D eigenvalue weighted by molar-refractivity contribution is 0.227. The van der Waals surface area contributed by atoms with Gasteiger partial charge in [0, 0.05) is 6.54 Å². The average molecular weight is 332 g/mol. The second kappa shape index (κ2) is 7.45. The van der Waals surface area contributed by atoms with Gasteiger partial charge in [0.15, 0.2) is 0 Å². The molecule has 1 saturated heterocycles. The number of nitrogens with two attached hydrogens (primary N) is 1. The van der Waals surface area contributed by atoms with Crippen LogP contribution in [0.25, 0.3) is 0 Å². The first kappa shape index (κ1) is 16.5. The largest absolute Gasteiger partial charge is 0.397 e. The average Bonchev–Trinajstić information content (AvgIpc) is 2.47. The summed E-state index contributed by atoms with van der Waals surface area (Å²) in [6.07, 6.45) is 4.61. The van der Waals surface area contributed by atoms with Gasteiger partial charge in [0.2, 0.25) is 10.0 Å². The van der Waals surface area contributed by atoms with Gasteiger partial charge in [0.1, 0.15) is 0 Å². The van der Waals surface area contributed by atoms with Gasteiger partial charge >= 0.3 is 0 Å². The van der Waals surface area contributed by atoms with Crippen molar-refractivity contribution in [2.75, 3.05) is 31.9 Å². The summed E-state index contributed by atoms with van der Waals surface area (Å²) in [6.45, 7) is 3.62. The predicted molar refractivity (Wildman–Crippen MR) is 86.0 cm³/mol. The molecule has 118 valence electrons. The number of likely N-dealkylation sites (tertiary alicyclic amines) is 1. The Kier molecular flexibility index (Phi) is 5.87. The molecule has 3 N–H and O–H groups in total. The highest BCUT2D eigenvalue weighted by Crippen LogP contribution is 2.22. The highest BCUT2D eigenvalue weighted by Gasteiger charge is 2.15. The van der Waals surface area contributed by atoms with E-state index < -0.39 is 10.0 Å². The van der Waals surface area contributed by atoms with Gasteiger partial charge in [-0.25, -0.2) is 13.1 Å². The van der Waals surface area contributed by atoms with E-state index in [2.05, 4.69) is 9.62 Å². The molecule has 0 saturated carbocycles. The predicted octanol–water partition coefficient (Wildman–Crippen LogP) is 2.08. The number of rotatable bonds is 6. The Bertz CT molecular complexity index is 572. The molecule has 1 aromatic carbocycles. The number of sulfonamides is 1. The summed E-state index contributed by atoms with van der Waals surface area (Å²) >= 11 is 5.80. The summed E-state index contributed by atoms with van der Waals surface area (Å²) in [4.78, 5) is 2.54. The van der Waals surface area contributed by atoms with Crippen molar-refractivity contribution < 1.29 is 8.42 Å². The minimum Gasteiger partial charge on any atom is -0.397 e. The van der Waals surface area contributed by atoms with Crippen LogP contribution in [0.4, 0.5) is 5.69 Å². The van der Waals surface area contributed by atoms with E-state index in [1.807, 2.05) is 0 Å². The van der Waals surface area contributed by atoms with E-state index in [9.17, 15) is 8.42 Å². The van der Waals surface area contributed by atoms with Gasteiger partial charge in [0.05, 0.1) is 15.6 Å². The van der Waals surface area contributed by atoms with E-state index in [-0.39, 0.29) is 10.6 Å². The van der Waals surface area contributed by atoms with Crippen LogP contribution < -0.4 is 10.5 Å². The van der Waals surface area contributed by atoms with Crippen LogP contribution in [0.2, 0.25) is 5.02 Å². The molecular formula is C14H22ClN3O2S. The maximum atomic E-state index is 12.1. The molecule has 0 bridgehead atoms. The van der Waals surface area contributed by atoms with Crippen LogP contribution in [0.15, 0.2) is 23.1 Å². The molecule has 1 aromatic rings. The van der Waals surface area contributed by atoms with Gasteiger partial charge in [-0.3, -0.25) is 0 Å². The summed E-state index contributed by atoms with van der Waals surface area (Å²) < 4.78 is 26.9. The van der Waals surface area contributed by atoms with Crippen LogP contribution >= 0.6 is 11.6 Å². The van der Waals surface area contributed by atoms with E-state index in [1.54, 1.807) is 0 Å². The first-order valence-corrected chi connectivity index (χ1v) is 9.12. The number of halogens is 1. The molecule has 0 spiro atoms. The topological polar surface area (TPSA) is 75.4 Å². The molecule has 1 heterocycles. The number of anilines is 1. The van der Waals surface area contributed by atoms with Crippen LogP contribution in [0.5, 0.6) is 0 Å². The zero-order valence-corrected chi connectivity index (χ0v) is 13.6. The van der Waals surface area contributed by atoms with Gasteiger partial charge in [-0.15, -0.1) is 0 Å². The van der Waals surface area contributed by atoms with Gasteiger partial charge in [-0.2, -0.15) is 0 Å². The molecule has 0 atom stereocenters. The smallest absolute Gasteiger partial charge is 0.240 e. The zero-order chi connectivity index (χ0) is 15.3. The fourth-order valence-electron chi connectivity index (χ4n) is 2.46. The van der Waals surface area contributed by atoms with Gasteiger partial charge in [-0.1, -0.05) is 18.0 Å². The lowest BCUT2D eigenvalue weighted by Crippen LogP contribution is -2.33. The van der Waals surface area contributed by atoms with Crippen molar-refractivity contribution >= 4 is 27.3 Å². The number of piperidine rings is 1. The molecule has 0 aromatic heterocycles. The summed E-state index contributed by atoms with van der Waals surface area (Å²) in [5, 5.41) is 0.360. The van der Waals surface area contributed by atoms with E-state index in [1.165, 1.54) is 37.5 Å². The maximum absolute atomic E-state index is 12.1. The molecular weight excluding hydrogens is 310 g/mol. The van der Waals surface area contributed by atoms with Crippen LogP contribution in [0, 0.1) is 0 Å². The van der Waals surface area contributed by atoms with Gasteiger partial charge < -0.3 is 10.6 Å². The number of nitrogens with zero attached hydrogens (tertiary/aromatic N) is 1. The number of benzene rings is 1. The lowest BCUT2D eigenvalue weighted by Gasteiger charge is -2.26. The molecule has 0 amide bonds. The maximum Gasteiger partial charge on any atom is 0.240 e. The van der Waals surface area contributed by atoms with Crippen LogP contribution in [0.1, 0.15) is 25.7 Å². The first-order valence-electron chi connectivity index (χ1n) is 7.26. The second-order valence-corrected chi connectivity index (χ2v) is 7.51. The Balaban J connectivity index is 1.82. The molecule has 7 heteroatoms. The highest BCUT2D eigenvalue weighted by molar-refractivity contribution is 7.89. The standard InChI is InChI=1S/C14H22ClN3O2S/c15-13-6-5-12(11-14(13)16)21(19,20)17-7-4-10-18-8-2-1-3-9-18/h5-6,11,17H,1-4,7-10,16H2. The first-order chi connectivity index (χ1) is 9.99. The number of hydrogen-bond acceptors (Lipinski definition) is 4. The molecule has 1 aliphatic rings. The molecule has 0 radical (unpaired) electrons. The minimum atomic E-state index is -3.51. The summed E-state index contributed by atoms with van der Waals surface area (Å²) in [7, 11) is -3.51. The molecule has 5 nitrogen and oxygen atoms in total. The molecule has 0 unspecified atom stereocenters. The van der Waals surface area contributed by atoms with Gasteiger partial charge in [-0.05, 0) is 57.1 Å². The van der Waals surface area contributed by atoms with Crippen molar-refractivity contribution in [3.05, 3.63) is 23.2 Å². The number of nitrogen functional groups attached to an aromatic ring is 1. The SMILES string of the molecule is Nc1cc(S(=O)(=O)NCCCN2CCCCC2)ccc1Cl. The molecule has 0 aliphatic carbocycles. The van der Waals surface area contributed by atoms with Crippen LogP contribution in [0.3, 0.4) is 0 Å². The summed E-state index contributed by atoms with van der Waals surface area (Å²) in [5.74, 6) is 0. The minimum absolute atomic E-state index is 0.155. The van der Waals surface area contributed by atoms with Crippen LogP contribution in [-0.2, 0) is 10.0 Å².